The number of hydrogen-bond donors (Lipinski definition) is 0. The minimum absolute atomic E-state index is 0.231. The molecular weight excluding hydrogens is 224 g/mol. The summed E-state index contributed by atoms with van der Waals surface area (Å²) in [5, 5.41) is 0. The molecule has 0 saturated carbocycles. The van der Waals surface area contributed by atoms with Crippen molar-refractivity contribution in [3.05, 3.63) is 0 Å². The molecule has 2 aliphatic heterocycles. The molecule has 2 rings (SSSR count). The second kappa shape index (κ2) is 5.87. The second-order valence-electron chi connectivity index (χ2n) is 4.82. The molecule has 0 aromatic heterocycles. The van der Waals surface area contributed by atoms with Crippen molar-refractivity contribution in [1.82, 2.24) is 9.80 Å². The highest BCUT2D eigenvalue weighted by atomic mass is 35.5. The quantitative estimate of drug-likeness (QED) is 0.706. The highest BCUT2D eigenvalue weighted by Crippen LogP contribution is 2.20. The van der Waals surface area contributed by atoms with Crippen LogP contribution in [0.15, 0.2) is 0 Å². The lowest BCUT2D eigenvalue weighted by Gasteiger charge is -2.32. The fraction of sp³-hybridized carbons (Fsp3) is 0.917. The Kier molecular flexibility index (Phi) is 4.47. The largest absolute Gasteiger partial charge is 0.341 e. The Labute approximate surface area is 103 Å². The molecule has 0 aromatic rings. The van der Waals surface area contributed by atoms with Crippen molar-refractivity contribution in [3.63, 3.8) is 0 Å². The predicted molar refractivity (Wildman–Crippen MR) is 65.7 cm³/mol. The lowest BCUT2D eigenvalue weighted by atomic mass is 10.1. The summed E-state index contributed by atoms with van der Waals surface area (Å²) in [5.41, 5.74) is 0. The van der Waals surface area contributed by atoms with Crippen LogP contribution in [0.3, 0.4) is 0 Å². The highest BCUT2D eigenvalue weighted by Gasteiger charge is 2.30. The van der Waals surface area contributed by atoms with Crippen molar-refractivity contribution in [2.45, 2.75) is 38.1 Å². The van der Waals surface area contributed by atoms with Crippen LogP contribution in [0.25, 0.3) is 0 Å². The van der Waals surface area contributed by atoms with E-state index in [1.807, 2.05) is 4.90 Å². The zero-order chi connectivity index (χ0) is 11.4. The first-order valence-corrected chi connectivity index (χ1v) is 6.92. The zero-order valence-corrected chi connectivity index (χ0v) is 10.6. The molecule has 1 atom stereocenters. The van der Waals surface area contributed by atoms with E-state index < -0.39 is 0 Å². The molecule has 0 radical (unpaired) electrons. The monoisotopic (exact) mass is 244 g/mol. The van der Waals surface area contributed by atoms with Crippen LogP contribution in [0, 0.1) is 0 Å². The first kappa shape index (κ1) is 12.2. The van der Waals surface area contributed by atoms with Gasteiger partial charge >= 0.3 is 0 Å². The molecule has 0 bridgehead atoms. The van der Waals surface area contributed by atoms with Crippen molar-refractivity contribution in [2.75, 3.05) is 32.1 Å². The molecular formula is C12H21ClN2O. The molecule has 0 aromatic carbocycles. The van der Waals surface area contributed by atoms with E-state index in [0.29, 0.717) is 18.3 Å². The van der Waals surface area contributed by atoms with E-state index in [-0.39, 0.29) is 5.91 Å². The van der Waals surface area contributed by atoms with Crippen molar-refractivity contribution in [3.8, 4) is 0 Å². The Balaban J connectivity index is 1.80. The molecule has 3 nitrogen and oxygen atoms in total. The average Bonchev–Trinajstić information content (AvgIpc) is 2.80. The van der Waals surface area contributed by atoms with E-state index in [1.165, 1.54) is 32.4 Å². The summed E-state index contributed by atoms with van der Waals surface area (Å²) in [5.74, 6) is 0.679. The maximum absolute atomic E-state index is 11.7. The van der Waals surface area contributed by atoms with Crippen LogP contribution in [-0.4, -0.2) is 53.8 Å². The Morgan fingerprint density at radius 1 is 1.19 bits per heavy atom. The number of nitrogens with zero attached hydrogens (tertiary/aromatic N) is 2. The molecule has 2 saturated heterocycles. The number of alkyl halides is 1. The van der Waals surface area contributed by atoms with Crippen molar-refractivity contribution >= 4 is 17.5 Å². The third kappa shape index (κ3) is 2.89. The Morgan fingerprint density at radius 2 is 1.94 bits per heavy atom. The van der Waals surface area contributed by atoms with Crippen LogP contribution < -0.4 is 0 Å². The number of hydrogen-bond acceptors (Lipinski definition) is 2. The van der Waals surface area contributed by atoms with Crippen LogP contribution in [0.4, 0.5) is 0 Å². The van der Waals surface area contributed by atoms with E-state index >= 15 is 0 Å². The summed E-state index contributed by atoms with van der Waals surface area (Å²) in [6, 6.07) is 0.611. The van der Waals surface area contributed by atoms with Crippen molar-refractivity contribution in [2.24, 2.45) is 0 Å². The van der Waals surface area contributed by atoms with Crippen molar-refractivity contribution in [1.29, 1.82) is 0 Å². The molecule has 0 N–H and O–H groups in total. The number of rotatable bonds is 3. The number of amides is 1. The summed E-state index contributed by atoms with van der Waals surface area (Å²) in [4.78, 5) is 16.3. The van der Waals surface area contributed by atoms with E-state index in [1.54, 1.807) is 0 Å². The number of piperidine rings is 1. The second-order valence-corrected chi connectivity index (χ2v) is 5.20. The zero-order valence-electron chi connectivity index (χ0n) is 9.83. The Bertz CT molecular complexity index is 241. The fourth-order valence-corrected chi connectivity index (χ4v) is 2.95. The van der Waals surface area contributed by atoms with Gasteiger partial charge in [-0.25, -0.2) is 0 Å². The number of carbonyl (C=O) groups excluding carboxylic acids is 1. The fourth-order valence-electron chi connectivity index (χ4n) is 2.79. The molecule has 2 aliphatic rings. The SMILES string of the molecule is O=C(CCCl)N1CCC(N2CCCCC2)C1. The molecule has 0 aliphatic carbocycles. The van der Waals surface area contributed by atoms with E-state index in [4.69, 9.17) is 11.6 Å². The van der Waals surface area contributed by atoms with Crippen LogP contribution >= 0.6 is 11.6 Å². The number of likely N-dealkylation sites (tertiary alicyclic amines) is 2. The number of carbonyl (C=O) groups is 1. The van der Waals surface area contributed by atoms with Crippen LogP contribution in [0.1, 0.15) is 32.1 Å². The minimum atomic E-state index is 0.231. The molecule has 2 heterocycles. The maximum atomic E-state index is 11.7. The van der Waals surface area contributed by atoms with Gasteiger partial charge in [-0.15, -0.1) is 11.6 Å². The summed E-state index contributed by atoms with van der Waals surface area (Å²) in [7, 11) is 0. The van der Waals surface area contributed by atoms with Gasteiger partial charge in [0, 0.05) is 31.4 Å². The molecule has 1 amide bonds. The summed E-state index contributed by atoms with van der Waals surface area (Å²) in [6.07, 6.45) is 5.67. The summed E-state index contributed by atoms with van der Waals surface area (Å²) < 4.78 is 0. The van der Waals surface area contributed by atoms with Gasteiger partial charge < -0.3 is 4.90 Å². The minimum Gasteiger partial charge on any atom is -0.341 e. The molecule has 2 fully saturated rings. The topological polar surface area (TPSA) is 23.6 Å². The van der Waals surface area contributed by atoms with Gasteiger partial charge in [-0.3, -0.25) is 9.69 Å². The third-order valence-corrected chi connectivity index (χ3v) is 3.92. The summed E-state index contributed by atoms with van der Waals surface area (Å²) in [6.45, 7) is 4.30. The molecule has 0 spiro atoms. The Morgan fingerprint density at radius 3 is 2.62 bits per heavy atom. The maximum Gasteiger partial charge on any atom is 0.223 e. The van der Waals surface area contributed by atoms with Gasteiger partial charge in [0.25, 0.3) is 0 Å². The lowest BCUT2D eigenvalue weighted by Crippen LogP contribution is -2.41. The lowest BCUT2D eigenvalue weighted by molar-refractivity contribution is -0.129. The van der Waals surface area contributed by atoms with Gasteiger partial charge in [0.2, 0.25) is 5.91 Å². The highest BCUT2D eigenvalue weighted by molar-refractivity contribution is 6.18. The van der Waals surface area contributed by atoms with Crippen LogP contribution in [0.2, 0.25) is 0 Å². The van der Waals surface area contributed by atoms with Gasteiger partial charge in [-0.05, 0) is 32.4 Å². The van der Waals surface area contributed by atoms with E-state index in [9.17, 15) is 4.79 Å². The molecule has 16 heavy (non-hydrogen) atoms. The van der Waals surface area contributed by atoms with Gasteiger partial charge in [-0.1, -0.05) is 6.42 Å². The van der Waals surface area contributed by atoms with Gasteiger partial charge in [0.15, 0.2) is 0 Å². The van der Waals surface area contributed by atoms with Gasteiger partial charge in [0.1, 0.15) is 0 Å². The molecule has 92 valence electrons. The Hall–Kier alpha value is -0.280. The van der Waals surface area contributed by atoms with E-state index in [0.717, 1.165) is 19.5 Å². The van der Waals surface area contributed by atoms with Crippen LogP contribution in [-0.2, 0) is 4.79 Å². The third-order valence-electron chi connectivity index (χ3n) is 3.73. The van der Waals surface area contributed by atoms with Gasteiger partial charge in [0.05, 0.1) is 0 Å². The smallest absolute Gasteiger partial charge is 0.223 e. The van der Waals surface area contributed by atoms with E-state index in [2.05, 4.69) is 4.90 Å². The molecule has 4 heteroatoms. The van der Waals surface area contributed by atoms with Crippen molar-refractivity contribution < 1.29 is 4.79 Å². The summed E-state index contributed by atoms with van der Waals surface area (Å²) >= 11 is 5.60. The predicted octanol–water partition coefficient (Wildman–Crippen LogP) is 1.70. The standard InChI is InChI=1S/C12H21ClN2O/c13-6-4-12(16)15-9-5-11(10-15)14-7-2-1-3-8-14/h11H,1-10H2. The normalized spacial score (nSPS) is 27.3. The average molecular weight is 245 g/mol. The first-order chi connectivity index (χ1) is 7.81. The number of halogens is 1. The molecule has 1 unspecified atom stereocenters. The van der Waals surface area contributed by atoms with Crippen LogP contribution in [0.5, 0.6) is 0 Å². The first-order valence-electron chi connectivity index (χ1n) is 6.39. The van der Waals surface area contributed by atoms with Gasteiger partial charge in [-0.2, -0.15) is 0 Å².